The third-order valence-corrected chi connectivity index (χ3v) is 4.49. The van der Waals surface area contributed by atoms with Crippen LogP contribution in [0.1, 0.15) is 22.6 Å². The first kappa shape index (κ1) is 17.8. The first-order chi connectivity index (χ1) is 12.0. The van der Waals surface area contributed by atoms with Gasteiger partial charge in [0.05, 0.1) is 0 Å². The van der Waals surface area contributed by atoms with Gasteiger partial charge in [0.2, 0.25) is 0 Å². The van der Waals surface area contributed by atoms with Crippen LogP contribution in [0, 0.1) is 5.82 Å². The fourth-order valence-electron chi connectivity index (χ4n) is 2.80. The van der Waals surface area contributed by atoms with Crippen LogP contribution in [0.3, 0.4) is 0 Å². The van der Waals surface area contributed by atoms with E-state index in [9.17, 15) is 18.0 Å². The first-order valence-electron chi connectivity index (χ1n) is 7.73. The Labute approximate surface area is 147 Å². The summed E-state index contributed by atoms with van der Waals surface area (Å²) in [4.78, 5) is 16.0. The number of hydrogen-bond acceptors (Lipinski definition) is 3. The molecule has 2 aromatic rings. The second-order valence-electron chi connectivity index (χ2n) is 5.74. The molecule has 2 heterocycles. The fourth-order valence-corrected chi connectivity index (χ4v) is 3.03. The number of nitrogens with zero attached hydrogens (tertiary/aromatic N) is 4. The van der Waals surface area contributed by atoms with Crippen molar-refractivity contribution in [3.05, 3.63) is 52.6 Å². The average molecular weight is 373 g/mol. The highest BCUT2D eigenvalue weighted by Gasteiger charge is 2.26. The monoisotopic (exact) mass is 372 g/mol. The molecule has 0 atom stereocenters. The second kappa shape index (κ2) is 7.45. The molecule has 1 saturated heterocycles. The van der Waals surface area contributed by atoms with Gasteiger partial charge in [-0.2, -0.15) is 18.6 Å². The molecule has 1 aliphatic heterocycles. The zero-order valence-electron chi connectivity index (χ0n) is 13.2. The third-order valence-electron chi connectivity index (χ3n) is 4.14. The van der Waals surface area contributed by atoms with E-state index in [1.54, 1.807) is 6.07 Å². The van der Waals surface area contributed by atoms with Crippen LogP contribution in [0.2, 0.25) is 5.02 Å². The van der Waals surface area contributed by atoms with E-state index in [1.807, 2.05) is 0 Å². The van der Waals surface area contributed by atoms with Gasteiger partial charge in [0.25, 0.3) is 5.91 Å². The smallest absolute Gasteiger partial charge is 0.333 e. The topological polar surface area (TPSA) is 41.4 Å². The van der Waals surface area contributed by atoms with Crippen molar-refractivity contribution in [2.75, 3.05) is 26.2 Å². The summed E-state index contributed by atoms with van der Waals surface area (Å²) in [6, 6.07) is 5.55. The number of hydrogen-bond donors (Lipinski definition) is 0. The van der Waals surface area contributed by atoms with Crippen molar-refractivity contribution in [2.45, 2.75) is 13.1 Å². The summed E-state index contributed by atoms with van der Waals surface area (Å²) in [5.41, 5.74) is 0.684. The molecule has 25 heavy (non-hydrogen) atoms. The largest absolute Gasteiger partial charge is 0.335 e. The van der Waals surface area contributed by atoms with Crippen LogP contribution in [-0.2, 0) is 6.54 Å². The average Bonchev–Trinajstić information content (AvgIpc) is 3.07. The highest BCUT2D eigenvalue weighted by atomic mass is 35.5. The highest BCUT2D eigenvalue weighted by molar-refractivity contribution is 6.31. The van der Waals surface area contributed by atoms with Gasteiger partial charge in [0, 0.05) is 43.9 Å². The lowest BCUT2D eigenvalue weighted by Gasteiger charge is -2.34. The van der Waals surface area contributed by atoms with Crippen LogP contribution in [0.15, 0.2) is 30.5 Å². The lowest BCUT2D eigenvalue weighted by atomic mass is 10.2. The molecule has 9 heteroatoms. The van der Waals surface area contributed by atoms with Gasteiger partial charge in [-0.05, 0) is 23.8 Å². The van der Waals surface area contributed by atoms with E-state index in [1.165, 1.54) is 29.3 Å². The number of benzene rings is 1. The summed E-state index contributed by atoms with van der Waals surface area (Å²) in [5, 5.41) is 3.84. The van der Waals surface area contributed by atoms with Gasteiger partial charge in [-0.1, -0.05) is 17.7 Å². The predicted molar refractivity (Wildman–Crippen MR) is 86.1 cm³/mol. The van der Waals surface area contributed by atoms with E-state index < -0.39 is 12.5 Å². The Hall–Kier alpha value is -2.06. The zero-order chi connectivity index (χ0) is 18.0. The molecule has 3 rings (SSSR count). The summed E-state index contributed by atoms with van der Waals surface area (Å²) in [6.07, 6.45) is 1.19. The number of alkyl halides is 2. The minimum Gasteiger partial charge on any atom is -0.335 e. The molecular formula is C16H16ClF3N4O. The number of halogens is 4. The summed E-state index contributed by atoms with van der Waals surface area (Å²) < 4.78 is 39.2. The summed E-state index contributed by atoms with van der Waals surface area (Å²) in [5.74, 6) is -0.850. The summed E-state index contributed by atoms with van der Waals surface area (Å²) in [7, 11) is 0. The van der Waals surface area contributed by atoms with Gasteiger partial charge in [-0.25, -0.2) is 4.39 Å². The van der Waals surface area contributed by atoms with Crippen molar-refractivity contribution in [2.24, 2.45) is 0 Å². The number of amides is 1. The van der Waals surface area contributed by atoms with Gasteiger partial charge >= 0.3 is 6.55 Å². The summed E-state index contributed by atoms with van der Waals surface area (Å²) in [6.45, 7) is -0.352. The first-order valence-corrected chi connectivity index (χ1v) is 8.10. The quantitative estimate of drug-likeness (QED) is 0.828. The number of aromatic nitrogens is 2. The van der Waals surface area contributed by atoms with Crippen LogP contribution in [0.5, 0.6) is 0 Å². The van der Waals surface area contributed by atoms with Crippen molar-refractivity contribution in [3.8, 4) is 0 Å². The zero-order valence-corrected chi connectivity index (χ0v) is 14.0. The van der Waals surface area contributed by atoms with Crippen LogP contribution in [0.25, 0.3) is 0 Å². The van der Waals surface area contributed by atoms with Crippen LogP contribution in [0.4, 0.5) is 13.2 Å². The molecule has 0 N–H and O–H groups in total. The van der Waals surface area contributed by atoms with Crippen molar-refractivity contribution in [1.82, 2.24) is 19.6 Å². The van der Waals surface area contributed by atoms with E-state index in [0.717, 1.165) is 5.56 Å². The van der Waals surface area contributed by atoms with Gasteiger partial charge in [-0.15, -0.1) is 0 Å². The second-order valence-corrected chi connectivity index (χ2v) is 6.15. The number of carbonyl (C=O) groups excluding carboxylic acids is 1. The molecule has 5 nitrogen and oxygen atoms in total. The molecule has 0 aliphatic carbocycles. The fraction of sp³-hybridized carbons (Fsp3) is 0.375. The lowest BCUT2D eigenvalue weighted by molar-refractivity contribution is 0.0424. The van der Waals surface area contributed by atoms with Crippen LogP contribution < -0.4 is 0 Å². The van der Waals surface area contributed by atoms with Crippen molar-refractivity contribution in [3.63, 3.8) is 0 Å². The molecule has 0 bridgehead atoms. The molecule has 1 amide bonds. The normalized spacial score (nSPS) is 15.8. The molecule has 1 aromatic carbocycles. The van der Waals surface area contributed by atoms with Crippen molar-refractivity contribution < 1.29 is 18.0 Å². The van der Waals surface area contributed by atoms with Gasteiger partial charge in [0.15, 0.2) is 0 Å². The molecular weight excluding hydrogens is 357 g/mol. The SMILES string of the molecule is O=C(c1ccnn1C(F)F)N1CCN(Cc2ccc(F)cc2Cl)CC1. The lowest BCUT2D eigenvalue weighted by Crippen LogP contribution is -2.48. The van der Waals surface area contributed by atoms with E-state index in [0.29, 0.717) is 42.4 Å². The predicted octanol–water partition coefficient (Wildman–Crippen LogP) is 3.03. The maximum atomic E-state index is 13.1. The Morgan fingerprint density at radius 1 is 1.20 bits per heavy atom. The Balaban J connectivity index is 1.60. The number of rotatable bonds is 4. The molecule has 0 saturated carbocycles. The standard InChI is InChI=1S/C16H16ClF3N4O/c17-13-9-12(18)2-1-11(13)10-22-5-7-23(8-6-22)15(25)14-3-4-21-24(14)16(19)20/h1-4,9,16H,5-8,10H2. The van der Waals surface area contributed by atoms with Crippen molar-refractivity contribution in [1.29, 1.82) is 0 Å². The molecule has 1 aliphatic rings. The molecule has 1 aromatic heterocycles. The Morgan fingerprint density at radius 3 is 2.56 bits per heavy atom. The van der Waals surface area contributed by atoms with E-state index in [-0.39, 0.29) is 11.5 Å². The van der Waals surface area contributed by atoms with E-state index in [4.69, 9.17) is 11.6 Å². The molecule has 0 unspecified atom stereocenters. The van der Waals surface area contributed by atoms with Gasteiger partial charge < -0.3 is 4.90 Å². The molecule has 134 valence electrons. The Kier molecular flexibility index (Phi) is 5.29. The minimum atomic E-state index is -2.85. The van der Waals surface area contributed by atoms with E-state index >= 15 is 0 Å². The minimum absolute atomic E-state index is 0.120. The third kappa shape index (κ3) is 3.96. The molecule has 0 radical (unpaired) electrons. The van der Waals surface area contributed by atoms with Gasteiger partial charge in [0.1, 0.15) is 11.5 Å². The van der Waals surface area contributed by atoms with Crippen LogP contribution >= 0.6 is 11.6 Å². The number of piperazine rings is 1. The Bertz CT molecular complexity index is 760. The molecule has 0 spiro atoms. The maximum absolute atomic E-state index is 13.1. The molecule has 1 fully saturated rings. The summed E-state index contributed by atoms with van der Waals surface area (Å²) >= 11 is 6.03. The van der Waals surface area contributed by atoms with Crippen molar-refractivity contribution >= 4 is 17.5 Å². The van der Waals surface area contributed by atoms with Crippen LogP contribution in [-0.4, -0.2) is 51.7 Å². The van der Waals surface area contributed by atoms with E-state index in [2.05, 4.69) is 10.00 Å². The Morgan fingerprint density at radius 2 is 1.92 bits per heavy atom. The highest BCUT2D eigenvalue weighted by Crippen LogP contribution is 2.20. The number of carbonyl (C=O) groups is 1. The van der Waals surface area contributed by atoms with Gasteiger partial charge in [-0.3, -0.25) is 9.69 Å². The maximum Gasteiger partial charge on any atom is 0.333 e.